The Balaban J connectivity index is 2.53. The molecule has 1 atom stereocenters. The van der Waals surface area contributed by atoms with E-state index in [1.807, 2.05) is 60.7 Å². The van der Waals surface area contributed by atoms with Gasteiger partial charge < -0.3 is 4.79 Å². The number of aldehydes is 1. The van der Waals surface area contributed by atoms with Crippen LogP contribution < -0.4 is 0 Å². The lowest BCUT2D eigenvalue weighted by molar-refractivity contribution is -0.111. The quantitative estimate of drug-likeness (QED) is 0.695. The summed E-state index contributed by atoms with van der Waals surface area (Å²) < 4.78 is 0. The molecule has 2 aromatic rings. The molecule has 0 unspecified atom stereocenters. The Morgan fingerprint density at radius 3 is 2.10 bits per heavy atom. The predicted molar refractivity (Wildman–Crippen MR) is 84.6 cm³/mol. The molecule has 0 fully saturated rings. The fraction of sp³-hybridized carbons (Fsp3) is 0.211. The molecule has 0 saturated heterocycles. The number of benzene rings is 2. The fourth-order valence-corrected chi connectivity index (χ4v) is 2.69. The van der Waals surface area contributed by atoms with Gasteiger partial charge in [0.15, 0.2) is 0 Å². The van der Waals surface area contributed by atoms with Crippen molar-refractivity contribution in [3.8, 4) is 0 Å². The van der Waals surface area contributed by atoms with Crippen LogP contribution in [0.4, 0.5) is 0 Å². The van der Waals surface area contributed by atoms with Gasteiger partial charge in [-0.2, -0.15) is 0 Å². The lowest BCUT2D eigenvalue weighted by Gasteiger charge is -2.31. The summed E-state index contributed by atoms with van der Waals surface area (Å²) in [5, 5.41) is 0. The zero-order valence-corrected chi connectivity index (χ0v) is 11.9. The number of allylic oxidation sites excluding steroid dienone is 1. The van der Waals surface area contributed by atoms with Gasteiger partial charge in [-0.25, -0.2) is 0 Å². The number of hydrogen-bond acceptors (Lipinski definition) is 1. The summed E-state index contributed by atoms with van der Waals surface area (Å²) in [6.45, 7) is 6.33. The molecule has 0 aliphatic rings. The first-order valence-corrected chi connectivity index (χ1v) is 7.01. The summed E-state index contributed by atoms with van der Waals surface area (Å²) in [6.07, 6.45) is 2.76. The van der Waals surface area contributed by atoms with Gasteiger partial charge >= 0.3 is 0 Å². The molecule has 0 saturated carbocycles. The Labute approximate surface area is 121 Å². The van der Waals surface area contributed by atoms with E-state index >= 15 is 0 Å². The second kappa shape index (κ2) is 6.33. The van der Waals surface area contributed by atoms with Crippen LogP contribution in [0.25, 0.3) is 5.57 Å². The van der Waals surface area contributed by atoms with Crippen molar-refractivity contribution in [1.82, 2.24) is 0 Å². The van der Waals surface area contributed by atoms with E-state index in [4.69, 9.17) is 0 Å². The smallest absolute Gasteiger partial charge is 0.134 e. The zero-order valence-electron chi connectivity index (χ0n) is 11.9. The number of hydrogen-bond donors (Lipinski definition) is 0. The van der Waals surface area contributed by atoms with Crippen LogP contribution in [0.3, 0.4) is 0 Å². The molecule has 0 radical (unpaired) electrons. The molecule has 20 heavy (non-hydrogen) atoms. The standard InChI is InChI=1S/C19H20O/c1-3-14-19(15-20,18-12-8-5-9-13-18)16(2)17-10-6-4-7-11-17/h4-13,15H,2-3,14H2,1H3/t19-/m0/s1. The molecule has 2 rings (SSSR count). The molecule has 0 aromatic heterocycles. The van der Waals surface area contributed by atoms with Gasteiger partial charge in [-0.05, 0) is 23.1 Å². The van der Waals surface area contributed by atoms with Gasteiger partial charge in [0.25, 0.3) is 0 Å². The third-order valence-electron chi connectivity index (χ3n) is 3.80. The van der Waals surface area contributed by atoms with Crippen LogP contribution in [0, 0.1) is 0 Å². The van der Waals surface area contributed by atoms with Crippen LogP contribution >= 0.6 is 0 Å². The highest BCUT2D eigenvalue weighted by atomic mass is 16.1. The Morgan fingerprint density at radius 2 is 1.60 bits per heavy atom. The van der Waals surface area contributed by atoms with Gasteiger partial charge in [0.2, 0.25) is 0 Å². The van der Waals surface area contributed by atoms with Gasteiger partial charge in [0, 0.05) is 0 Å². The van der Waals surface area contributed by atoms with Crippen molar-refractivity contribution < 1.29 is 4.79 Å². The maximum Gasteiger partial charge on any atom is 0.134 e. The van der Waals surface area contributed by atoms with Crippen molar-refractivity contribution in [2.24, 2.45) is 0 Å². The molecule has 102 valence electrons. The molecule has 0 spiro atoms. The average molecular weight is 264 g/mol. The van der Waals surface area contributed by atoms with Gasteiger partial charge in [0.05, 0.1) is 5.41 Å². The van der Waals surface area contributed by atoms with Crippen LogP contribution in [0.15, 0.2) is 67.2 Å². The molecule has 0 aliphatic heterocycles. The Kier molecular flexibility index (Phi) is 4.52. The van der Waals surface area contributed by atoms with Crippen molar-refractivity contribution in [1.29, 1.82) is 0 Å². The minimum absolute atomic E-state index is 0.628. The summed E-state index contributed by atoms with van der Waals surface area (Å²) in [5.74, 6) is 0. The van der Waals surface area contributed by atoms with Crippen LogP contribution in [0.2, 0.25) is 0 Å². The van der Waals surface area contributed by atoms with E-state index < -0.39 is 5.41 Å². The molecule has 0 heterocycles. The summed E-state index contributed by atoms with van der Waals surface area (Å²) in [7, 11) is 0. The zero-order chi connectivity index (χ0) is 14.4. The number of carbonyl (C=O) groups is 1. The third kappa shape index (κ3) is 2.57. The normalized spacial score (nSPS) is 13.4. The maximum absolute atomic E-state index is 12.0. The lowest BCUT2D eigenvalue weighted by atomic mass is 9.70. The van der Waals surface area contributed by atoms with Gasteiger partial charge in [-0.1, -0.05) is 80.6 Å². The summed E-state index contributed by atoms with van der Waals surface area (Å²) in [4.78, 5) is 12.0. The van der Waals surface area contributed by atoms with E-state index in [1.54, 1.807) is 0 Å². The Bertz CT molecular complexity index is 571. The third-order valence-corrected chi connectivity index (χ3v) is 3.80. The molecule has 2 aromatic carbocycles. The SMILES string of the molecule is C=C(c1ccccc1)[C@@](C=O)(CCC)c1ccccc1. The van der Waals surface area contributed by atoms with Gasteiger partial charge in [-0.15, -0.1) is 0 Å². The Hall–Kier alpha value is -2.15. The first kappa shape index (κ1) is 14.3. The van der Waals surface area contributed by atoms with Crippen molar-refractivity contribution in [2.45, 2.75) is 25.2 Å². The highest BCUT2D eigenvalue weighted by Crippen LogP contribution is 2.39. The highest BCUT2D eigenvalue weighted by molar-refractivity contribution is 5.91. The van der Waals surface area contributed by atoms with E-state index in [0.29, 0.717) is 0 Å². The highest BCUT2D eigenvalue weighted by Gasteiger charge is 2.34. The van der Waals surface area contributed by atoms with E-state index in [-0.39, 0.29) is 0 Å². The first-order valence-electron chi connectivity index (χ1n) is 7.01. The van der Waals surface area contributed by atoms with Crippen molar-refractivity contribution in [3.63, 3.8) is 0 Å². The molecular weight excluding hydrogens is 244 g/mol. The second-order valence-electron chi connectivity index (χ2n) is 5.05. The molecular formula is C19H20O. The van der Waals surface area contributed by atoms with E-state index in [1.165, 1.54) is 0 Å². The van der Waals surface area contributed by atoms with E-state index in [0.717, 1.165) is 35.8 Å². The molecule has 0 amide bonds. The van der Waals surface area contributed by atoms with Crippen LogP contribution in [0.1, 0.15) is 30.9 Å². The molecule has 0 bridgehead atoms. The minimum Gasteiger partial charge on any atom is -0.302 e. The van der Waals surface area contributed by atoms with E-state index in [2.05, 4.69) is 13.5 Å². The monoisotopic (exact) mass is 264 g/mol. The van der Waals surface area contributed by atoms with Crippen LogP contribution in [-0.2, 0) is 10.2 Å². The van der Waals surface area contributed by atoms with Gasteiger partial charge in [0.1, 0.15) is 6.29 Å². The predicted octanol–water partition coefficient (Wildman–Crippen LogP) is 4.64. The maximum atomic E-state index is 12.0. The summed E-state index contributed by atoms with van der Waals surface area (Å²) in [6, 6.07) is 19.9. The Morgan fingerprint density at radius 1 is 1.05 bits per heavy atom. The van der Waals surface area contributed by atoms with Gasteiger partial charge in [-0.3, -0.25) is 0 Å². The largest absolute Gasteiger partial charge is 0.302 e. The van der Waals surface area contributed by atoms with Crippen molar-refractivity contribution in [2.75, 3.05) is 0 Å². The van der Waals surface area contributed by atoms with Crippen molar-refractivity contribution in [3.05, 3.63) is 78.4 Å². The lowest BCUT2D eigenvalue weighted by Crippen LogP contribution is -2.29. The molecule has 1 heteroatoms. The van der Waals surface area contributed by atoms with Crippen LogP contribution in [0.5, 0.6) is 0 Å². The molecule has 0 aliphatic carbocycles. The topological polar surface area (TPSA) is 17.1 Å². The first-order chi connectivity index (χ1) is 9.74. The van der Waals surface area contributed by atoms with Crippen molar-refractivity contribution >= 4 is 11.9 Å². The second-order valence-corrected chi connectivity index (χ2v) is 5.05. The molecule has 0 N–H and O–H groups in total. The fourth-order valence-electron chi connectivity index (χ4n) is 2.69. The summed E-state index contributed by atoms with van der Waals surface area (Å²) >= 11 is 0. The number of rotatable bonds is 6. The van der Waals surface area contributed by atoms with E-state index in [9.17, 15) is 4.79 Å². The molecule has 1 nitrogen and oxygen atoms in total. The van der Waals surface area contributed by atoms with Crippen LogP contribution in [-0.4, -0.2) is 6.29 Å². The number of carbonyl (C=O) groups excluding carboxylic acids is 1. The minimum atomic E-state index is -0.628. The average Bonchev–Trinajstić information content (AvgIpc) is 2.54. The summed E-state index contributed by atoms with van der Waals surface area (Å²) in [5.41, 5.74) is 2.29.